The van der Waals surface area contributed by atoms with Crippen LogP contribution in [0.5, 0.6) is 0 Å². The van der Waals surface area contributed by atoms with E-state index < -0.39 is 24.1 Å². The predicted molar refractivity (Wildman–Crippen MR) is 44.7 cm³/mol. The SMILES string of the molecule is O=C/C(=C\C=C(/O)C(=O)O)CC(=O)O. The molecule has 0 fully saturated rings. The lowest BCUT2D eigenvalue weighted by atomic mass is 10.2. The van der Waals surface area contributed by atoms with Crippen LogP contribution in [0.4, 0.5) is 0 Å². The molecule has 0 saturated heterocycles. The molecule has 0 spiro atoms. The number of allylic oxidation sites excluding steroid dienone is 2. The molecule has 0 bridgehead atoms. The van der Waals surface area contributed by atoms with Crippen molar-refractivity contribution in [3.8, 4) is 0 Å². The first-order valence-electron chi connectivity index (χ1n) is 3.47. The van der Waals surface area contributed by atoms with E-state index in [1.54, 1.807) is 0 Å². The van der Waals surface area contributed by atoms with Gasteiger partial charge in [-0.1, -0.05) is 6.08 Å². The molecule has 0 aromatic rings. The van der Waals surface area contributed by atoms with Gasteiger partial charge in [0.1, 0.15) is 6.29 Å². The number of carbonyl (C=O) groups excluding carboxylic acids is 1. The lowest BCUT2D eigenvalue weighted by Gasteiger charge is -1.92. The van der Waals surface area contributed by atoms with E-state index in [0.29, 0.717) is 0 Å². The topological polar surface area (TPSA) is 112 Å². The quantitative estimate of drug-likeness (QED) is 0.251. The Morgan fingerprint density at radius 1 is 1.07 bits per heavy atom. The first-order chi connectivity index (χ1) is 6.47. The molecule has 0 aliphatic heterocycles. The summed E-state index contributed by atoms with van der Waals surface area (Å²) < 4.78 is 0. The van der Waals surface area contributed by atoms with E-state index in [-0.39, 0.29) is 11.9 Å². The molecule has 0 aromatic carbocycles. The maximum atomic E-state index is 10.2. The molecular formula is C8H8O6. The van der Waals surface area contributed by atoms with Crippen molar-refractivity contribution in [3.63, 3.8) is 0 Å². The molecule has 0 aromatic heterocycles. The monoisotopic (exact) mass is 200 g/mol. The molecule has 14 heavy (non-hydrogen) atoms. The van der Waals surface area contributed by atoms with Crippen molar-refractivity contribution >= 4 is 18.2 Å². The van der Waals surface area contributed by atoms with Gasteiger partial charge in [0.2, 0.25) is 5.76 Å². The molecule has 0 radical (unpaired) electrons. The fraction of sp³-hybridized carbons (Fsp3) is 0.125. The van der Waals surface area contributed by atoms with Gasteiger partial charge in [0.15, 0.2) is 0 Å². The number of aliphatic hydroxyl groups excluding tert-OH is 1. The number of carbonyl (C=O) groups is 3. The molecule has 0 aliphatic rings. The normalized spacial score (nSPS) is 12.3. The van der Waals surface area contributed by atoms with Gasteiger partial charge in [0.05, 0.1) is 6.42 Å². The number of hydrogen-bond acceptors (Lipinski definition) is 4. The number of aliphatic hydroxyl groups is 1. The number of rotatable bonds is 5. The van der Waals surface area contributed by atoms with Gasteiger partial charge in [0, 0.05) is 5.57 Å². The second kappa shape index (κ2) is 5.52. The van der Waals surface area contributed by atoms with Crippen molar-refractivity contribution < 1.29 is 29.7 Å². The molecule has 0 heterocycles. The summed E-state index contributed by atoms with van der Waals surface area (Å²) in [6, 6.07) is 0. The largest absolute Gasteiger partial charge is 0.502 e. The third kappa shape index (κ3) is 4.70. The first-order valence-corrected chi connectivity index (χ1v) is 3.47. The highest BCUT2D eigenvalue weighted by molar-refractivity contribution is 5.86. The van der Waals surface area contributed by atoms with Crippen LogP contribution in [0.15, 0.2) is 23.5 Å². The number of carboxylic acids is 2. The summed E-state index contributed by atoms with van der Waals surface area (Å²) in [7, 11) is 0. The van der Waals surface area contributed by atoms with Crippen molar-refractivity contribution in [2.45, 2.75) is 6.42 Å². The molecule has 0 saturated carbocycles. The minimum atomic E-state index is -1.55. The summed E-state index contributed by atoms with van der Waals surface area (Å²) in [5.41, 5.74) is -0.134. The van der Waals surface area contributed by atoms with Crippen LogP contribution >= 0.6 is 0 Å². The summed E-state index contributed by atoms with van der Waals surface area (Å²) in [5, 5.41) is 25.1. The first kappa shape index (κ1) is 11.9. The molecule has 76 valence electrons. The highest BCUT2D eigenvalue weighted by Crippen LogP contribution is 1.99. The van der Waals surface area contributed by atoms with Crippen LogP contribution in [0.1, 0.15) is 6.42 Å². The standard InChI is InChI=1S/C8H8O6/c9-4-5(3-7(11)12)1-2-6(10)8(13)14/h1-2,4,10H,3H2,(H,11,12)(H,13,14)/b5-1-,6-2-. The van der Waals surface area contributed by atoms with Crippen LogP contribution in [0.25, 0.3) is 0 Å². The van der Waals surface area contributed by atoms with Gasteiger partial charge in [-0.3, -0.25) is 9.59 Å². The second-order valence-corrected chi connectivity index (χ2v) is 2.29. The van der Waals surface area contributed by atoms with Crippen molar-refractivity contribution in [2.75, 3.05) is 0 Å². The zero-order valence-corrected chi connectivity index (χ0v) is 7.01. The summed E-state index contributed by atoms with van der Waals surface area (Å²) in [6.07, 6.45) is 1.44. The zero-order valence-electron chi connectivity index (χ0n) is 7.01. The summed E-state index contributed by atoms with van der Waals surface area (Å²) >= 11 is 0. The number of carboxylic acid groups (broad SMARTS) is 2. The lowest BCUT2D eigenvalue weighted by Crippen LogP contribution is -2.00. The Morgan fingerprint density at radius 3 is 2.00 bits per heavy atom. The van der Waals surface area contributed by atoms with Gasteiger partial charge >= 0.3 is 11.9 Å². The van der Waals surface area contributed by atoms with Crippen LogP contribution in [0.3, 0.4) is 0 Å². The minimum Gasteiger partial charge on any atom is -0.502 e. The van der Waals surface area contributed by atoms with Gasteiger partial charge in [-0.25, -0.2) is 4.79 Å². The van der Waals surface area contributed by atoms with Crippen LogP contribution < -0.4 is 0 Å². The van der Waals surface area contributed by atoms with E-state index in [0.717, 1.165) is 12.2 Å². The number of hydrogen-bond donors (Lipinski definition) is 3. The van der Waals surface area contributed by atoms with E-state index in [4.69, 9.17) is 15.3 Å². The third-order valence-corrected chi connectivity index (χ3v) is 1.18. The van der Waals surface area contributed by atoms with Gasteiger partial charge in [-0.2, -0.15) is 0 Å². The van der Waals surface area contributed by atoms with Crippen LogP contribution in [-0.4, -0.2) is 33.5 Å². The van der Waals surface area contributed by atoms with E-state index in [9.17, 15) is 14.4 Å². The van der Waals surface area contributed by atoms with Crippen LogP contribution in [-0.2, 0) is 14.4 Å². The van der Waals surface area contributed by atoms with Gasteiger partial charge in [-0.05, 0) is 6.08 Å². The third-order valence-electron chi connectivity index (χ3n) is 1.18. The Balaban J connectivity index is 4.61. The molecule has 0 unspecified atom stereocenters. The van der Waals surface area contributed by atoms with E-state index in [1.165, 1.54) is 0 Å². The Hall–Kier alpha value is -2.11. The van der Waals surface area contributed by atoms with Gasteiger partial charge in [-0.15, -0.1) is 0 Å². The van der Waals surface area contributed by atoms with Crippen molar-refractivity contribution in [1.29, 1.82) is 0 Å². The van der Waals surface area contributed by atoms with Crippen molar-refractivity contribution in [2.24, 2.45) is 0 Å². The Morgan fingerprint density at radius 2 is 1.64 bits per heavy atom. The molecule has 0 atom stereocenters. The molecule has 0 amide bonds. The molecule has 3 N–H and O–H groups in total. The molecule has 6 nitrogen and oxygen atoms in total. The maximum absolute atomic E-state index is 10.2. The fourth-order valence-corrected chi connectivity index (χ4v) is 0.572. The molecule has 6 heteroatoms. The van der Waals surface area contributed by atoms with Gasteiger partial charge in [0.25, 0.3) is 0 Å². The maximum Gasteiger partial charge on any atom is 0.370 e. The fourth-order valence-electron chi connectivity index (χ4n) is 0.572. The minimum absolute atomic E-state index is 0.134. The Kier molecular flexibility index (Phi) is 4.69. The predicted octanol–water partition coefficient (Wildman–Crippen LogP) is 0.113. The number of aliphatic carboxylic acids is 2. The molecule has 0 rings (SSSR count). The summed E-state index contributed by atoms with van der Waals surface area (Å²) in [4.78, 5) is 30.5. The van der Waals surface area contributed by atoms with Crippen LogP contribution in [0.2, 0.25) is 0 Å². The van der Waals surface area contributed by atoms with E-state index in [1.807, 2.05) is 0 Å². The average molecular weight is 200 g/mol. The van der Waals surface area contributed by atoms with Crippen LogP contribution in [0, 0.1) is 0 Å². The van der Waals surface area contributed by atoms with Gasteiger partial charge < -0.3 is 15.3 Å². The van der Waals surface area contributed by atoms with E-state index in [2.05, 4.69) is 0 Å². The number of aldehydes is 1. The van der Waals surface area contributed by atoms with Crippen molar-refractivity contribution in [3.05, 3.63) is 23.5 Å². The highest BCUT2D eigenvalue weighted by atomic mass is 16.4. The second-order valence-electron chi connectivity index (χ2n) is 2.29. The molecule has 0 aliphatic carbocycles. The summed E-state index contributed by atoms with van der Waals surface area (Å²) in [5.74, 6) is -3.73. The average Bonchev–Trinajstić information content (AvgIpc) is 2.10. The Labute approximate surface area is 78.8 Å². The van der Waals surface area contributed by atoms with Crippen molar-refractivity contribution in [1.82, 2.24) is 0 Å². The highest BCUT2D eigenvalue weighted by Gasteiger charge is 2.04. The smallest absolute Gasteiger partial charge is 0.370 e. The zero-order chi connectivity index (χ0) is 11.1. The summed E-state index contributed by atoms with van der Waals surface area (Å²) in [6.45, 7) is 0. The molecular weight excluding hydrogens is 192 g/mol. The Bertz CT molecular complexity index is 312. The van der Waals surface area contributed by atoms with E-state index >= 15 is 0 Å². The lowest BCUT2D eigenvalue weighted by molar-refractivity contribution is -0.137.